The lowest BCUT2D eigenvalue weighted by Crippen LogP contribution is -2.00. The molecule has 274 valence electrons. The van der Waals surface area contributed by atoms with Crippen molar-refractivity contribution in [2.75, 3.05) is 0 Å². The summed E-state index contributed by atoms with van der Waals surface area (Å²) in [5.74, 6) is 1.86. The molecular formula is C54H32N4O. The first kappa shape index (κ1) is 33.2. The Morgan fingerprint density at radius 1 is 0.322 bits per heavy atom. The van der Waals surface area contributed by atoms with Crippen molar-refractivity contribution in [3.63, 3.8) is 0 Å². The van der Waals surface area contributed by atoms with Crippen molar-refractivity contribution >= 4 is 65.0 Å². The Balaban J connectivity index is 0.941. The first-order valence-corrected chi connectivity index (χ1v) is 19.8. The van der Waals surface area contributed by atoms with E-state index in [9.17, 15) is 0 Å². The number of fused-ring (bicyclic) bond motifs is 8. The van der Waals surface area contributed by atoms with Crippen LogP contribution in [-0.2, 0) is 0 Å². The van der Waals surface area contributed by atoms with Gasteiger partial charge in [-0.2, -0.15) is 0 Å². The van der Waals surface area contributed by atoms with Crippen molar-refractivity contribution in [3.05, 3.63) is 194 Å². The first-order valence-electron chi connectivity index (χ1n) is 19.8. The van der Waals surface area contributed by atoms with E-state index in [0.29, 0.717) is 17.5 Å². The summed E-state index contributed by atoms with van der Waals surface area (Å²) in [6.07, 6.45) is 1.87. The third-order valence-corrected chi connectivity index (χ3v) is 11.6. The molecule has 0 saturated carbocycles. The van der Waals surface area contributed by atoms with Crippen LogP contribution in [0.3, 0.4) is 0 Å². The van der Waals surface area contributed by atoms with Gasteiger partial charge in [0.2, 0.25) is 0 Å². The van der Waals surface area contributed by atoms with Gasteiger partial charge in [-0.3, -0.25) is 4.98 Å². The number of pyridine rings is 1. The second-order valence-electron chi connectivity index (χ2n) is 15.0. The highest BCUT2D eigenvalue weighted by atomic mass is 16.3. The molecule has 9 aromatic carbocycles. The van der Waals surface area contributed by atoms with Crippen molar-refractivity contribution in [3.8, 4) is 56.5 Å². The minimum absolute atomic E-state index is 0.611. The quantitative estimate of drug-likeness (QED) is 0.175. The van der Waals surface area contributed by atoms with Gasteiger partial charge in [0.15, 0.2) is 17.5 Å². The Kier molecular flexibility index (Phi) is 7.47. The summed E-state index contributed by atoms with van der Waals surface area (Å²) in [5, 5.41) is 11.3. The van der Waals surface area contributed by atoms with Gasteiger partial charge < -0.3 is 4.42 Å². The van der Waals surface area contributed by atoms with Gasteiger partial charge in [-0.1, -0.05) is 152 Å². The molecule has 0 atom stereocenters. The van der Waals surface area contributed by atoms with Crippen LogP contribution in [0.25, 0.3) is 122 Å². The molecule has 0 aliphatic rings. The summed E-state index contributed by atoms with van der Waals surface area (Å²) < 4.78 is 6.51. The van der Waals surface area contributed by atoms with Crippen molar-refractivity contribution < 1.29 is 4.42 Å². The smallest absolute Gasteiger partial charge is 0.164 e. The molecule has 3 aromatic heterocycles. The third-order valence-electron chi connectivity index (χ3n) is 11.6. The predicted octanol–water partition coefficient (Wildman–Crippen LogP) is 14.1. The zero-order valence-electron chi connectivity index (χ0n) is 31.7. The van der Waals surface area contributed by atoms with Crippen molar-refractivity contribution in [2.45, 2.75) is 0 Å². The predicted molar refractivity (Wildman–Crippen MR) is 242 cm³/mol. The number of benzene rings is 9. The lowest BCUT2D eigenvalue weighted by Gasteiger charge is -2.12. The van der Waals surface area contributed by atoms with Gasteiger partial charge in [0.25, 0.3) is 0 Å². The van der Waals surface area contributed by atoms with Gasteiger partial charge in [0.1, 0.15) is 11.2 Å². The van der Waals surface area contributed by atoms with Gasteiger partial charge in [0.05, 0.1) is 5.69 Å². The van der Waals surface area contributed by atoms with E-state index in [4.69, 9.17) is 24.4 Å². The van der Waals surface area contributed by atoms with Crippen LogP contribution >= 0.6 is 0 Å². The Bertz CT molecular complexity index is 3620. The first-order chi connectivity index (χ1) is 29.2. The molecule has 12 rings (SSSR count). The van der Waals surface area contributed by atoms with Gasteiger partial charge in [0, 0.05) is 50.0 Å². The maximum absolute atomic E-state index is 6.51. The summed E-state index contributed by atoms with van der Waals surface area (Å²) >= 11 is 0. The second-order valence-corrected chi connectivity index (χ2v) is 15.0. The standard InChI is InChI=1S/C54H32N4O/c1-4-12-43-33(8-1)11-7-15-48(43)54-57-52(37-18-16-36(17-19-37)50-44-13-5-2-10-35(44)28-29-55-50)56-53(58-54)42-23-22-38-30-39(20-21-40(38)31-42)41-25-26-46-47-27-24-34-9-3-6-14-45(34)51(47)59-49(46)32-41/h1-32H. The molecule has 3 heterocycles. The van der Waals surface area contributed by atoms with Gasteiger partial charge >= 0.3 is 0 Å². The molecule has 0 radical (unpaired) electrons. The maximum atomic E-state index is 6.51. The highest BCUT2D eigenvalue weighted by molar-refractivity contribution is 6.15. The lowest BCUT2D eigenvalue weighted by molar-refractivity contribution is 0.673. The fourth-order valence-corrected chi connectivity index (χ4v) is 8.55. The molecule has 5 nitrogen and oxygen atoms in total. The lowest BCUT2D eigenvalue weighted by atomic mass is 9.98. The van der Waals surface area contributed by atoms with E-state index in [-0.39, 0.29) is 0 Å². The molecule has 12 aromatic rings. The van der Waals surface area contributed by atoms with E-state index in [0.717, 1.165) is 98.7 Å². The van der Waals surface area contributed by atoms with E-state index in [1.54, 1.807) is 0 Å². The summed E-state index contributed by atoms with van der Waals surface area (Å²) in [6, 6.07) is 65.7. The number of hydrogen-bond donors (Lipinski definition) is 0. The van der Waals surface area contributed by atoms with Gasteiger partial charge in [-0.15, -0.1) is 0 Å². The van der Waals surface area contributed by atoms with Crippen LogP contribution < -0.4 is 0 Å². The fraction of sp³-hybridized carbons (Fsp3) is 0. The third kappa shape index (κ3) is 5.63. The van der Waals surface area contributed by atoms with E-state index >= 15 is 0 Å². The molecule has 59 heavy (non-hydrogen) atoms. The Labute approximate surface area is 338 Å². The molecule has 0 aliphatic carbocycles. The molecular weight excluding hydrogens is 721 g/mol. The fourth-order valence-electron chi connectivity index (χ4n) is 8.55. The largest absolute Gasteiger partial charge is 0.455 e. The summed E-state index contributed by atoms with van der Waals surface area (Å²) in [4.78, 5) is 20.1. The SMILES string of the molecule is c1ccc2c(-c3nc(-c4ccc(-c5nccc6ccccc56)cc4)nc(-c4ccc5cc(-c6ccc7c(c6)oc6c8ccccc8ccc76)ccc5c4)n3)cccc2c1. The number of furan rings is 1. The minimum Gasteiger partial charge on any atom is -0.455 e. The molecule has 5 heteroatoms. The Morgan fingerprint density at radius 3 is 1.68 bits per heavy atom. The summed E-state index contributed by atoms with van der Waals surface area (Å²) in [7, 11) is 0. The molecule has 0 unspecified atom stereocenters. The van der Waals surface area contributed by atoms with Crippen LogP contribution in [0.2, 0.25) is 0 Å². The molecule has 0 bridgehead atoms. The van der Waals surface area contributed by atoms with Crippen LogP contribution in [0.4, 0.5) is 0 Å². The highest BCUT2D eigenvalue weighted by Crippen LogP contribution is 2.38. The summed E-state index contributed by atoms with van der Waals surface area (Å²) in [5.41, 5.74) is 8.82. The number of rotatable bonds is 5. The van der Waals surface area contributed by atoms with Gasteiger partial charge in [-0.25, -0.2) is 15.0 Å². The molecule has 0 spiro atoms. The number of nitrogens with zero attached hydrogens (tertiary/aromatic N) is 4. The average molecular weight is 753 g/mol. The number of aromatic nitrogens is 4. The Morgan fingerprint density at radius 2 is 0.864 bits per heavy atom. The molecule has 0 fully saturated rings. The summed E-state index contributed by atoms with van der Waals surface area (Å²) in [6.45, 7) is 0. The molecule has 0 N–H and O–H groups in total. The average Bonchev–Trinajstić information content (AvgIpc) is 3.69. The second kappa shape index (κ2) is 13.3. The highest BCUT2D eigenvalue weighted by Gasteiger charge is 2.16. The van der Waals surface area contributed by atoms with E-state index in [1.165, 1.54) is 5.39 Å². The molecule has 0 saturated heterocycles. The van der Waals surface area contributed by atoms with Crippen molar-refractivity contribution in [1.29, 1.82) is 0 Å². The van der Waals surface area contributed by atoms with E-state index < -0.39 is 0 Å². The van der Waals surface area contributed by atoms with E-state index in [2.05, 4.69) is 182 Å². The van der Waals surface area contributed by atoms with Crippen LogP contribution in [0.5, 0.6) is 0 Å². The topological polar surface area (TPSA) is 64.7 Å². The van der Waals surface area contributed by atoms with Crippen LogP contribution in [0.15, 0.2) is 199 Å². The van der Waals surface area contributed by atoms with Crippen molar-refractivity contribution in [2.24, 2.45) is 0 Å². The van der Waals surface area contributed by atoms with Gasteiger partial charge in [-0.05, 0) is 79.8 Å². The van der Waals surface area contributed by atoms with Crippen molar-refractivity contribution in [1.82, 2.24) is 19.9 Å². The Hall–Kier alpha value is -8.02. The zero-order chi connectivity index (χ0) is 38.9. The van der Waals surface area contributed by atoms with Crippen LogP contribution in [-0.4, -0.2) is 19.9 Å². The molecule has 0 amide bonds. The van der Waals surface area contributed by atoms with Crippen LogP contribution in [0, 0.1) is 0 Å². The normalized spacial score (nSPS) is 11.7. The zero-order valence-corrected chi connectivity index (χ0v) is 31.7. The van der Waals surface area contributed by atoms with E-state index in [1.807, 2.05) is 12.3 Å². The van der Waals surface area contributed by atoms with Crippen LogP contribution in [0.1, 0.15) is 0 Å². The number of hydrogen-bond acceptors (Lipinski definition) is 5. The maximum Gasteiger partial charge on any atom is 0.164 e. The monoisotopic (exact) mass is 752 g/mol. The minimum atomic E-state index is 0.611. The molecule has 0 aliphatic heterocycles.